The molecule has 1 amide bonds. The number of carbonyl (C=O) groups excluding carboxylic acids is 1. The van der Waals surface area contributed by atoms with Crippen molar-refractivity contribution in [3.63, 3.8) is 0 Å². The summed E-state index contributed by atoms with van der Waals surface area (Å²) in [6.45, 7) is 30.6. The maximum atomic E-state index is 14.1. The largest absolute Gasteiger partial charge is 0.405 e. The smallest absolute Gasteiger partial charge is 0.261 e. The van der Waals surface area contributed by atoms with Crippen LogP contribution in [0.25, 0.3) is 22.3 Å². The number of aromatic nitrogens is 3. The van der Waals surface area contributed by atoms with Gasteiger partial charge in [-0.15, -0.1) is 0 Å². The van der Waals surface area contributed by atoms with Crippen molar-refractivity contribution in [2.24, 2.45) is 5.41 Å². The second-order valence-electron chi connectivity index (χ2n) is 21.4. The van der Waals surface area contributed by atoms with E-state index in [0.29, 0.717) is 32.2 Å². The summed E-state index contributed by atoms with van der Waals surface area (Å²) in [5.74, 6) is -0.122. The minimum Gasteiger partial charge on any atom is -0.405 e. The molecule has 324 valence electrons. The van der Waals surface area contributed by atoms with Crippen molar-refractivity contribution in [2.75, 3.05) is 19.8 Å². The number of hydrogen-bond acceptors (Lipinski definition) is 5. The predicted octanol–water partition coefficient (Wildman–Crippen LogP) is 10.3. The van der Waals surface area contributed by atoms with E-state index >= 15 is 0 Å². The average Bonchev–Trinajstić information content (AvgIpc) is 3.71. The van der Waals surface area contributed by atoms with E-state index in [1.165, 1.54) is 21.6 Å². The van der Waals surface area contributed by atoms with Gasteiger partial charge in [0.25, 0.3) is 14.2 Å². The first-order valence-electron chi connectivity index (χ1n) is 22.1. The molecule has 0 fully saturated rings. The van der Waals surface area contributed by atoms with E-state index in [9.17, 15) is 4.79 Å². The summed E-state index contributed by atoms with van der Waals surface area (Å²) >= 11 is 0. The van der Waals surface area contributed by atoms with Crippen LogP contribution in [0.4, 0.5) is 0 Å². The van der Waals surface area contributed by atoms with E-state index in [1.807, 2.05) is 19.1 Å². The quantitative estimate of drug-likeness (QED) is 0.0701. The van der Waals surface area contributed by atoms with E-state index in [-0.39, 0.29) is 22.4 Å². The molecule has 1 aliphatic carbocycles. The highest BCUT2D eigenvalue weighted by Crippen LogP contribution is 2.41. The summed E-state index contributed by atoms with van der Waals surface area (Å²) < 4.78 is 24.3. The lowest BCUT2D eigenvalue weighted by molar-refractivity contribution is 0.0747. The van der Waals surface area contributed by atoms with Crippen molar-refractivity contribution in [1.29, 1.82) is 0 Å². The molecule has 60 heavy (non-hydrogen) atoms. The van der Waals surface area contributed by atoms with E-state index in [2.05, 4.69) is 161 Å². The topological polar surface area (TPSA) is 79.5 Å². The number of rotatable bonds is 18. The summed E-state index contributed by atoms with van der Waals surface area (Å²) in [4.78, 5) is 14.1. The van der Waals surface area contributed by atoms with Gasteiger partial charge in [-0.2, -0.15) is 5.10 Å². The molecule has 1 N–H and O–H groups in total. The number of nitrogens with one attached hydrogen (secondary N) is 1. The van der Waals surface area contributed by atoms with Gasteiger partial charge in [0, 0.05) is 57.6 Å². The summed E-state index contributed by atoms with van der Waals surface area (Å²) in [6, 6.07) is 31.6. The molecule has 1 unspecified atom stereocenters. The van der Waals surface area contributed by atoms with Gasteiger partial charge in [0.15, 0.2) is 0 Å². The molecule has 0 aliphatic heterocycles. The molecule has 1 atom stereocenters. The molecule has 2 heterocycles. The molecule has 0 bridgehead atoms. The van der Waals surface area contributed by atoms with Crippen molar-refractivity contribution >= 4 is 51.6 Å². The fraction of sp³-hybridized carbons (Fsp3) is 0.510. The van der Waals surface area contributed by atoms with E-state index in [4.69, 9.17) is 19.0 Å². The molecule has 1 aliphatic rings. The first-order chi connectivity index (χ1) is 28.2. The Bertz CT molecular complexity index is 2170. The molecule has 5 aromatic rings. The maximum absolute atomic E-state index is 14.1. The van der Waals surface area contributed by atoms with Gasteiger partial charge in [-0.05, 0) is 77.3 Å². The highest BCUT2D eigenvalue weighted by Gasteiger charge is 2.50. The standard InChI is InChI=1S/C49H72N4O4Si3/c1-37(34-57-60(48(2,3)4,40-19-15-13-16-20-40)41-21-17-14-18-22-41)50-47(54)39-24-23-38-31-44(52(43(38)32-39)35-55-27-29-58(7,8)9)46-42-25-26-49(5,6)33-45(42)53(51-46)36-56-28-30-59(10,11)12/h13-24,31-32,37H,25-30,33-36H2,1-12H3,(H,50,54). The zero-order chi connectivity index (χ0) is 43.5. The molecular formula is C49H72N4O4Si3. The molecule has 8 nitrogen and oxygen atoms in total. The minimum atomic E-state index is -2.76. The Kier molecular flexibility index (Phi) is 14.1. The zero-order valence-electron chi connectivity index (χ0n) is 38.7. The van der Waals surface area contributed by atoms with Crippen LogP contribution in [0, 0.1) is 5.41 Å². The highest BCUT2D eigenvalue weighted by atomic mass is 28.4. The monoisotopic (exact) mass is 864 g/mol. The molecule has 0 radical (unpaired) electrons. The third-order valence-corrected chi connectivity index (χ3v) is 20.5. The van der Waals surface area contributed by atoms with Crippen LogP contribution in [0.3, 0.4) is 0 Å². The molecule has 0 saturated heterocycles. The minimum absolute atomic E-state index is 0.122. The second-order valence-corrected chi connectivity index (χ2v) is 36.9. The fourth-order valence-corrected chi connectivity index (χ4v) is 14.6. The predicted molar refractivity (Wildman–Crippen MR) is 258 cm³/mol. The lowest BCUT2D eigenvalue weighted by Crippen LogP contribution is -2.67. The third-order valence-electron chi connectivity index (χ3n) is 12.0. The van der Waals surface area contributed by atoms with Crippen molar-refractivity contribution in [1.82, 2.24) is 19.7 Å². The molecule has 3 aromatic carbocycles. The Morgan fingerprint density at radius 3 is 1.98 bits per heavy atom. The van der Waals surface area contributed by atoms with Crippen LogP contribution in [0.2, 0.25) is 56.4 Å². The Labute approximate surface area is 363 Å². The van der Waals surface area contributed by atoms with E-state index in [0.717, 1.165) is 60.2 Å². The first-order valence-corrected chi connectivity index (χ1v) is 31.4. The molecule has 2 aromatic heterocycles. The number of benzene rings is 3. The SMILES string of the molecule is CC(CO[Si](c1ccccc1)(c1ccccc1)C(C)(C)C)NC(=O)c1ccc2cc(-c3nn(COCC[Si](C)(C)C)c4c3CCC(C)(C)C4)n(COCC[Si](C)(C)C)c2c1. The Morgan fingerprint density at radius 2 is 1.42 bits per heavy atom. The summed E-state index contributed by atoms with van der Waals surface area (Å²) in [5, 5.41) is 12.0. The lowest BCUT2D eigenvalue weighted by atomic mass is 9.76. The average molecular weight is 865 g/mol. The highest BCUT2D eigenvalue weighted by molar-refractivity contribution is 6.99. The number of nitrogens with zero attached hydrogens (tertiary/aromatic N) is 3. The number of hydrogen-bond donors (Lipinski definition) is 1. The number of carbonyl (C=O) groups is 1. The number of amides is 1. The molecule has 0 spiro atoms. The Morgan fingerprint density at radius 1 is 0.833 bits per heavy atom. The Hall–Kier alpha value is -3.59. The van der Waals surface area contributed by atoms with Gasteiger partial charge in [-0.3, -0.25) is 4.79 Å². The van der Waals surface area contributed by atoms with Gasteiger partial charge in [0.05, 0.1) is 17.8 Å². The van der Waals surface area contributed by atoms with Crippen LogP contribution in [0.1, 0.15) is 69.6 Å². The van der Waals surface area contributed by atoms with Crippen molar-refractivity contribution in [2.45, 2.75) is 137 Å². The van der Waals surface area contributed by atoms with Crippen LogP contribution in [0.5, 0.6) is 0 Å². The fourth-order valence-electron chi connectivity index (χ4n) is 8.47. The lowest BCUT2D eigenvalue weighted by Gasteiger charge is -2.43. The van der Waals surface area contributed by atoms with Gasteiger partial charge >= 0.3 is 0 Å². The van der Waals surface area contributed by atoms with Gasteiger partial charge in [0.2, 0.25) is 0 Å². The number of fused-ring (bicyclic) bond motifs is 2. The summed E-state index contributed by atoms with van der Waals surface area (Å²) in [6.07, 6.45) is 3.03. The normalized spacial score (nSPS) is 15.3. The maximum Gasteiger partial charge on any atom is 0.261 e. The van der Waals surface area contributed by atoms with Gasteiger partial charge < -0.3 is 23.8 Å². The van der Waals surface area contributed by atoms with Crippen LogP contribution >= 0.6 is 0 Å². The van der Waals surface area contributed by atoms with Gasteiger partial charge in [0.1, 0.15) is 19.2 Å². The van der Waals surface area contributed by atoms with Crippen molar-refractivity contribution < 1.29 is 18.7 Å². The van der Waals surface area contributed by atoms with Crippen LogP contribution in [-0.2, 0) is 40.2 Å². The third kappa shape index (κ3) is 10.9. The van der Waals surface area contributed by atoms with Crippen LogP contribution < -0.4 is 15.7 Å². The summed E-state index contributed by atoms with van der Waals surface area (Å²) in [5.41, 5.74) is 6.38. The van der Waals surface area contributed by atoms with Crippen LogP contribution in [-0.4, -0.2) is 70.6 Å². The molecular weight excluding hydrogens is 793 g/mol. The van der Waals surface area contributed by atoms with E-state index < -0.39 is 24.5 Å². The van der Waals surface area contributed by atoms with Crippen LogP contribution in [0.15, 0.2) is 84.9 Å². The molecule has 6 rings (SSSR count). The van der Waals surface area contributed by atoms with Crippen molar-refractivity contribution in [3.05, 3.63) is 102 Å². The Balaban J connectivity index is 1.30. The van der Waals surface area contributed by atoms with Gasteiger partial charge in [-0.1, -0.05) is 141 Å². The van der Waals surface area contributed by atoms with E-state index in [1.54, 1.807) is 0 Å². The first kappa shape index (κ1) is 45.9. The van der Waals surface area contributed by atoms with Crippen molar-refractivity contribution in [3.8, 4) is 11.4 Å². The second kappa shape index (κ2) is 18.4. The van der Waals surface area contributed by atoms with Gasteiger partial charge in [-0.25, -0.2) is 4.68 Å². The zero-order valence-corrected chi connectivity index (χ0v) is 41.7. The molecule has 11 heteroatoms. The summed E-state index contributed by atoms with van der Waals surface area (Å²) in [7, 11) is -5.28. The number of ether oxygens (including phenoxy) is 2. The molecule has 0 saturated carbocycles.